The summed E-state index contributed by atoms with van der Waals surface area (Å²) >= 11 is 0. The minimum Gasteiger partial charge on any atom is -0.354 e. The van der Waals surface area contributed by atoms with Crippen LogP contribution < -0.4 is 9.62 Å². The van der Waals surface area contributed by atoms with Gasteiger partial charge in [0.1, 0.15) is 12.6 Å². The first-order valence-electron chi connectivity index (χ1n) is 13.7. The lowest BCUT2D eigenvalue weighted by Gasteiger charge is -2.34. The molecule has 0 aromatic heterocycles. The topological polar surface area (TPSA) is 86.8 Å². The van der Waals surface area contributed by atoms with E-state index in [0.717, 1.165) is 51.2 Å². The van der Waals surface area contributed by atoms with Gasteiger partial charge in [0.15, 0.2) is 0 Å². The second-order valence-electron chi connectivity index (χ2n) is 10.4. The minimum atomic E-state index is -3.80. The fraction of sp³-hybridized carbons (Fsp3) is 0.375. The highest BCUT2D eigenvalue weighted by atomic mass is 32.2. The number of carbonyl (C=O) groups is 2. The molecule has 1 N–H and O–H groups in total. The zero-order valence-corrected chi connectivity index (χ0v) is 25.0. The van der Waals surface area contributed by atoms with Crippen LogP contribution in [0.1, 0.15) is 47.6 Å². The number of benzene rings is 3. The third-order valence-corrected chi connectivity index (χ3v) is 8.01. The van der Waals surface area contributed by atoms with E-state index in [0.29, 0.717) is 18.7 Å². The van der Waals surface area contributed by atoms with Crippen molar-refractivity contribution in [1.82, 2.24) is 10.2 Å². The Morgan fingerprint density at radius 1 is 0.875 bits per heavy atom. The summed E-state index contributed by atoms with van der Waals surface area (Å²) in [6.07, 6.45) is 3.16. The van der Waals surface area contributed by atoms with E-state index in [1.165, 1.54) is 4.90 Å². The van der Waals surface area contributed by atoms with Crippen molar-refractivity contribution in [2.75, 3.05) is 23.7 Å². The maximum atomic E-state index is 14.1. The van der Waals surface area contributed by atoms with Gasteiger partial charge in [-0.25, -0.2) is 8.42 Å². The lowest BCUT2D eigenvalue weighted by atomic mass is 10.0. The molecular weight excluding hydrogens is 522 g/mol. The monoisotopic (exact) mass is 563 g/mol. The van der Waals surface area contributed by atoms with Crippen LogP contribution in [-0.2, 0) is 32.6 Å². The highest BCUT2D eigenvalue weighted by Crippen LogP contribution is 2.25. The highest BCUT2D eigenvalue weighted by Gasteiger charge is 2.33. The normalized spacial score (nSPS) is 12.0. The van der Waals surface area contributed by atoms with Crippen molar-refractivity contribution in [3.8, 4) is 0 Å². The molecule has 214 valence electrons. The Balaban J connectivity index is 2.05. The van der Waals surface area contributed by atoms with Crippen molar-refractivity contribution in [3.05, 3.63) is 101 Å². The van der Waals surface area contributed by atoms with Gasteiger partial charge in [0.05, 0.1) is 11.9 Å². The lowest BCUT2D eigenvalue weighted by molar-refractivity contribution is -0.140. The van der Waals surface area contributed by atoms with Crippen molar-refractivity contribution in [2.24, 2.45) is 0 Å². The first-order valence-corrected chi connectivity index (χ1v) is 15.6. The summed E-state index contributed by atoms with van der Waals surface area (Å²) < 4.78 is 27.1. The van der Waals surface area contributed by atoms with Crippen LogP contribution in [0.2, 0.25) is 0 Å². The van der Waals surface area contributed by atoms with Crippen LogP contribution in [0.5, 0.6) is 0 Å². The molecule has 3 rings (SSSR count). The highest BCUT2D eigenvalue weighted by molar-refractivity contribution is 7.92. The van der Waals surface area contributed by atoms with Gasteiger partial charge in [0.2, 0.25) is 21.8 Å². The zero-order chi connectivity index (χ0) is 29.3. The summed E-state index contributed by atoms with van der Waals surface area (Å²) in [7, 11) is -3.80. The van der Waals surface area contributed by atoms with Gasteiger partial charge in [-0.05, 0) is 55.5 Å². The number of hydrogen-bond acceptors (Lipinski definition) is 4. The SMILES string of the molecule is CCCCNC(=O)[C@H](Cc1ccccc1)N(Cc1ccc(C)cc1)C(=O)CN(c1cc(C)ccc1C)S(C)(=O)=O. The molecule has 3 aromatic rings. The van der Waals surface area contributed by atoms with Crippen LogP contribution in [0.25, 0.3) is 0 Å². The molecule has 0 fully saturated rings. The second-order valence-corrected chi connectivity index (χ2v) is 12.3. The van der Waals surface area contributed by atoms with Gasteiger partial charge in [-0.1, -0.05) is 85.6 Å². The second kappa shape index (κ2) is 14.1. The summed E-state index contributed by atoms with van der Waals surface area (Å²) in [5.41, 5.74) is 4.93. The van der Waals surface area contributed by atoms with E-state index in [1.54, 1.807) is 6.07 Å². The number of aryl methyl sites for hydroxylation is 3. The van der Waals surface area contributed by atoms with Gasteiger partial charge >= 0.3 is 0 Å². The third-order valence-electron chi connectivity index (χ3n) is 6.89. The summed E-state index contributed by atoms with van der Waals surface area (Å²) in [5.74, 6) is -0.700. The first-order chi connectivity index (χ1) is 19.0. The number of nitrogens with zero attached hydrogens (tertiary/aromatic N) is 2. The summed E-state index contributed by atoms with van der Waals surface area (Å²) in [6.45, 7) is 8.00. The minimum absolute atomic E-state index is 0.169. The molecule has 40 heavy (non-hydrogen) atoms. The van der Waals surface area contributed by atoms with E-state index in [2.05, 4.69) is 5.32 Å². The van der Waals surface area contributed by atoms with Crippen LogP contribution in [-0.4, -0.2) is 50.5 Å². The van der Waals surface area contributed by atoms with Crippen molar-refractivity contribution in [1.29, 1.82) is 0 Å². The van der Waals surface area contributed by atoms with E-state index >= 15 is 0 Å². The Bertz CT molecular complexity index is 1390. The number of hydrogen-bond donors (Lipinski definition) is 1. The Kier molecular flexibility index (Phi) is 10.9. The number of carbonyl (C=O) groups excluding carboxylic acids is 2. The number of unbranched alkanes of at least 4 members (excludes halogenated alkanes) is 1. The molecule has 0 aliphatic carbocycles. The summed E-state index contributed by atoms with van der Waals surface area (Å²) in [4.78, 5) is 29.3. The fourth-order valence-corrected chi connectivity index (χ4v) is 5.43. The molecule has 2 amide bonds. The molecule has 0 saturated heterocycles. The predicted octanol–water partition coefficient (Wildman–Crippen LogP) is 4.93. The maximum Gasteiger partial charge on any atom is 0.244 e. The first kappa shape index (κ1) is 30.9. The fourth-order valence-electron chi connectivity index (χ4n) is 4.53. The van der Waals surface area contributed by atoms with E-state index in [4.69, 9.17) is 0 Å². The van der Waals surface area contributed by atoms with Crippen LogP contribution in [0, 0.1) is 20.8 Å². The average Bonchev–Trinajstić information content (AvgIpc) is 2.91. The molecule has 0 bridgehead atoms. The third kappa shape index (κ3) is 8.68. The smallest absolute Gasteiger partial charge is 0.244 e. The number of nitrogens with one attached hydrogen (secondary N) is 1. The van der Waals surface area contributed by atoms with Gasteiger partial charge in [-0.2, -0.15) is 0 Å². The number of rotatable bonds is 13. The summed E-state index contributed by atoms with van der Waals surface area (Å²) in [5, 5.41) is 3.00. The molecule has 7 nitrogen and oxygen atoms in total. The number of amides is 2. The van der Waals surface area contributed by atoms with Crippen LogP contribution in [0.3, 0.4) is 0 Å². The molecule has 0 aliphatic heterocycles. The molecule has 0 saturated carbocycles. The Morgan fingerprint density at radius 3 is 2.15 bits per heavy atom. The van der Waals surface area contributed by atoms with Crippen molar-refractivity contribution >= 4 is 27.5 Å². The van der Waals surface area contributed by atoms with Crippen LogP contribution in [0.4, 0.5) is 5.69 Å². The Morgan fingerprint density at radius 2 is 1.52 bits per heavy atom. The van der Waals surface area contributed by atoms with Crippen LogP contribution in [0.15, 0.2) is 72.8 Å². The van der Waals surface area contributed by atoms with E-state index in [1.807, 2.05) is 94.4 Å². The molecule has 0 radical (unpaired) electrons. The van der Waals surface area contributed by atoms with Crippen LogP contribution >= 0.6 is 0 Å². The molecule has 0 unspecified atom stereocenters. The van der Waals surface area contributed by atoms with Crippen molar-refractivity contribution < 1.29 is 18.0 Å². The molecular formula is C32H41N3O4S. The lowest BCUT2D eigenvalue weighted by Crippen LogP contribution is -2.53. The molecule has 0 aliphatic rings. The summed E-state index contributed by atoms with van der Waals surface area (Å²) in [6, 6.07) is 22.1. The van der Waals surface area contributed by atoms with Gasteiger partial charge in [-0.3, -0.25) is 13.9 Å². The Hall–Kier alpha value is -3.65. The Labute approximate surface area is 239 Å². The van der Waals surface area contributed by atoms with E-state index in [-0.39, 0.29) is 12.5 Å². The maximum absolute atomic E-state index is 14.1. The number of sulfonamides is 1. The molecule has 0 heterocycles. The zero-order valence-electron chi connectivity index (χ0n) is 24.2. The molecule has 0 spiro atoms. The largest absolute Gasteiger partial charge is 0.354 e. The van der Waals surface area contributed by atoms with E-state index in [9.17, 15) is 18.0 Å². The number of anilines is 1. The molecule has 3 aromatic carbocycles. The van der Waals surface area contributed by atoms with Gasteiger partial charge in [0, 0.05) is 19.5 Å². The van der Waals surface area contributed by atoms with E-state index < -0.39 is 28.5 Å². The van der Waals surface area contributed by atoms with Crippen molar-refractivity contribution in [3.63, 3.8) is 0 Å². The van der Waals surface area contributed by atoms with Crippen molar-refractivity contribution in [2.45, 2.75) is 59.5 Å². The predicted molar refractivity (Wildman–Crippen MR) is 162 cm³/mol. The van der Waals surface area contributed by atoms with Gasteiger partial charge < -0.3 is 10.2 Å². The van der Waals surface area contributed by atoms with Gasteiger partial charge in [0.25, 0.3) is 0 Å². The molecule has 8 heteroatoms. The molecule has 1 atom stereocenters. The standard InChI is InChI=1S/C32H41N3O4S/c1-6-7-19-33-32(37)30(21-27-11-9-8-10-12-27)34(22-28-17-14-24(2)15-18-28)31(36)23-35(40(5,38)39)29-20-25(3)13-16-26(29)4/h8-18,20,30H,6-7,19,21-23H2,1-5H3,(H,33,37)/t30-/m0/s1. The quantitative estimate of drug-likeness (QED) is 0.299. The van der Waals surface area contributed by atoms with Gasteiger partial charge in [-0.15, -0.1) is 0 Å². The average molecular weight is 564 g/mol.